The summed E-state index contributed by atoms with van der Waals surface area (Å²) in [7, 11) is -2.57. The van der Waals surface area contributed by atoms with Crippen LogP contribution in [0.25, 0.3) is 0 Å². The summed E-state index contributed by atoms with van der Waals surface area (Å²) in [5.74, 6) is -0.283. The normalized spacial score (nSPS) is 20.1. The summed E-state index contributed by atoms with van der Waals surface area (Å²) in [5.41, 5.74) is -0.406. The van der Waals surface area contributed by atoms with Crippen molar-refractivity contribution in [3.05, 3.63) is 60.7 Å². The Balaban J connectivity index is 1.90. The SMILES string of the molecule is CC(=O)OC1COC(CO[Si](c2ccccc2)(c2ccccc2)C(C)(C)C)S1. The van der Waals surface area contributed by atoms with Crippen molar-refractivity contribution in [1.29, 1.82) is 0 Å². The lowest BCUT2D eigenvalue weighted by molar-refractivity contribution is -0.143. The van der Waals surface area contributed by atoms with Crippen molar-refractivity contribution in [2.45, 2.75) is 43.6 Å². The zero-order valence-corrected chi connectivity index (χ0v) is 18.7. The molecule has 0 aromatic heterocycles. The molecule has 1 aliphatic heterocycles. The zero-order valence-electron chi connectivity index (χ0n) is 16.9. The number of hydrogen-bond donors (Lipinski definition) is 0. The molecule has 0 bridgehead atoms. The molecule has 6 heteroatoms. The van der Waals surface area contributed by atoms with E-state index in [2.05, 4.69) is 69.3 Å². The fraction of sp³-hybridized carbons (Fsp3) is 0.409. The van der Waals surface area contributed by atoms with Crippen LogP contribution in [-0.4, -0.2) is 38.4 Å². The first-order valence-electron chi connectivity index (χ1n) is 9.52. The van der Waals surface area contributed by atoms with E-state index in [0.29, 0.717) is 13.2 Å². The van der Waals surface area contributed by atoms with E-state index in [-0.39, 0.29) is 21.9 Å². The Kier molecular flexibility index (Phi) is 6.65. The van der Waals surface area contributed by atoms with E-state index in [1.54, 1.807) is 0 Å². The van der Waals surface area contributed by atoms with Crippen molar-refractivity contribution in [1.82, 2.24) is 0 Å². The third-order valence-corrected chi connectivity index (χ3v) is 11.0. The van der Waals surface area contributed by atoms with Gasteiger partial charge in [-0.1, -0.05) is 93.2 Å². The highest BCUT2D eigenvalue weighted by molar-refractivity contribution is 8.00. The van der Waals surface area contributed by atoms with Crippen LogP contribution < -0.4 is 10.4 Å². The first-order valence-corrected chi connectivity index (χ1v) is 12.4. The first kappa shape index (κ1) is 21.1. The summed E-state index contributed by atoms with van der Waals surface area (Å²) < 4.78 is 18.0. The van der Waals surface area contributed by atoms with Gasteiger partial charge in [0.05, 0.1) is 13.2 Å². The molecule has 3 rings (SSSR count). The van der Waals surface area contributed by atoms with Crippen molar-refractivity contribution in [3.8, 4) is 0 Å². The van der Waals surface area contributed by atoms with Gasteiger partial charge in [-0.3, -0.25) is 4.79 Å². The van der Waals surface area contributed by atoms with Gasteiger partial charge in [-0.15, -0.1) is 0 Å². The molecule has 2 aromatic rings. The van der Waals surface area contributed by atoms with Crippen LogP contribution in [0.1, 0.15) is 27.7 Å². The van der Waals surface area contributed by atoms with Gasteiger partial charge in [-0.2, -0.15) is 0 Å². The highest BCUT2D eigenvalue weighted by Gasteiger charge is 2.50. The van der Waals surface area contributed by atoms with Crippen LogP contribution in [0, 0.1) is 0 Å². The molecule has 28 heavy (non-hydrogen) atoms. The van der Waals surface area contributed by atoms with Crippen LogP contribution in [-0.2, 0) is 18.7 Å². The molecule has 0 aliphatic carbocycles. The highest BCUT2D eigenvalue weighted by atomic mass is 32.2. The molecule has 1 aliphatic rings. The predicted octanol–water partition coefficient (Wildman–Crippen LogP) is 3.54. The minimum atomic E-state index is -2.57. The molecule has 2 unspecified atom stereocenters. The van der Waals surface area contributed by atoms with Gasteiger partial charge < -0.3 is 13.9 Å². The van der Waals surface area contributed by atoms with Crippen molar-refractivity contribution in [2.75, 3.05) is 13.2 Å². The molecule has 2 aromatic carbocycles. The fourth-order valence-corrected chi connectivity index (χ4v) is 9.39. The van der Waals surface area contributed by atoms with Gasteiger partial charge in [0, 0.05) is 6.92 Å². The van der Waals surface area contributed by atoms with E-state index < -0.39 is 8.32 Å². The number of benzene rings is 2. The quantitative estimate of drug-likeness (QED) is 0.532. The maximum atomic E-state index is 11.2. The number of esters is 1. The van der Waals surface area contributed by atoms with Crippen molar-refractivity contribution in [2.24, 2.45) is 0 Å². The zero-order chi connectivity index (χ0) is 20.2. The molecule has 0 radical (unpaired) electrons. The first-order chi connectivity index (χ1) is 13.3. The van der Waals surface area contributed by atoms with Gasteiger partial charge in [0.1, 0.15) is 5.44 Å². The molecule has 150 valence electrons. The third kappa shape index (κ3) is 4.51. The Morgan fingerprint density at radius 2 is 1.61 bits per heavy atom. The predicted molar refractivity (Wildman–Crippen MR) is 116 cm³/mol. The molecular formula is C22H28O4SSi. The van der Waals surface area contributed by atoms with Crippen molar-refractivity contribution >= 4 is 36.4 Å². The van der Waals surface area contributed by atoms with E-state index in [0.717, 1.165) is 0 Å². The Labute approximate surface area is 172 Å². The number of carbonyl (C=O) groups excluding carboxylic acids is 1. The Bertz CT molecular complexity index is 737. The lowest BCUT2D eigenvalue weighted by Crippen LogP contribution is -2.67. The van der Waals surface area contributed by atoms with Crippen molar-refractivity contribution in [3.63, 3.8) is 0 Å². The molecule has 2 atom stereocenters. The van der Waals surface area contributed by atoms with Gasteiger partial charge in [-0.25, -0.2) is 0 Å². The summed E-state index contributed by atoms with van der Waals surface area (Å²) in [5, 5.41) is 2.41. The number of ether oxygens (including phenoxy) is 2. The Hall–Kier alpha value is -1.60. The minimum Gasteiger partial charge on any atom is -0.449 e. The van der Waals surface area contributed by atoms with E-state index in [1.165, 1.54) is 29.1 Å². The average molecular weight is 417 g/mol. The molecule has 1 saturated heterocycles. The molecule has 0 saturated carbocycles. The summed E-state index contributed by atoms with van der Waals surface area (Å²) in [4.78, 5) is 11.2. The average Bonchev–Trinajstić information content (AvgIpc) is 3.09. The van der Waals surface area contributed by atoms with Gasteiger partial charge in [0.15, 0.2) is 5.44 Å². The molecule has 0 amide bonds. The summed E-state index contributed by atoms with van der Waals surface area (Å²) in [6, 6.07) is 21.1. The molecule has 0 N–H and O–H groups in total. The minimum absolute atomic E-state index is 0.0751. The Morgan fingerprint density at radius 1 is 1.07 bits per heavy atom. The van der Waals surface area contributed by atoms with Crippen LogP contribution in [0.4, 0.5) is 0 Å². The maximum absolute atomic E-state index is 11.2. The number of hydrogen-bond acceptors (Lipinski definition) is 5. The van der Waals surface area contributed by atoms with Gasteiger partial charge >= 0.3 is 5.97 Å². The van der Waals surface area contributed by atoms with Crippen LogP contribution >= 0.6 is 11.8 Å². The van der Waals surface area contributed by atoms with Gasteiger partial charge in [0.2, 0.25) is 0 Å². The summed E-state index contributed by atoms with van der Waals surface area (Å²) in [6.07, 6.45) is 0. The summed E-state index contributed by atoms with van der Waals surface area (Å²) >= 11 is 1.51. The van der Waals surface area contributed by atoms with Gasteiger partial charge in [-0.05, 0) is 15.4 Å². The maximum Gasteiger partial charge on any atom is 0.303 e. The van der Waals surface area contributed by atoms with Crippen LogP contribution in [0.2, 0.25) is 5.04 Å². The number of carbonyl (C=O) groups is 1. The third-order valence-electron chi connectivity index (χ3n) is 4.87. The number of rotatable bonds is 6. The van der Waals surface area contributed by atoms with E-state index in [4.69, 9.17) is 13.9 Å². The molecular weight excluding hydrogens is 388 g/mol. The molecule has 1 heterocycles. The molecule has 1 fully saturated rings. The standard InChI is InChI=1S/C22H28O4SSi/c1-17(23)26-21-15-24-20(27-21)16-25-28(22(2,3)4,18-11-7-5-8-12-18)19-13-9-6-10-14-19/h5-14,20-21H,15-16H2,1-4H3. The van der Waals surface area contributed by atoms with Gasteiger partial charge in [0.25, 0.3) is 8.32 Å². The monoisotopic (exact) mass is 416 g/mol. The summed E-state index contributed by atoms with van der Waals surface area (Å²) in [6.45, 7) is 9.04. The van der Waals surface area contributed by atoms with Crippen LogP contribution in [0.5, 0.6) is 0 Å². The molecule has 4 nitrogen and oxygen atoms in total. The highest BCUT2D eigenvalue weighted by Crippen LogP contribution is 2.38. The molecule has 0 spiro atoms. The largest absolute Gasteiger partial charge is 0.449 e. The lowest BCUT2D eigenvalue weighted by atomic mass is 10.2. The van der Waals surface area contributed by atoms with Crippen molar-refractivity contribution < 1.29 is 18.7 Å². The van der Waals surface area contributed by atoms with Crippen LogP contribution in [0.3, 0.4) is 0 Å². The topological polar surface area (TPSA) is 44.8 Å². The fourth-order valence-electron chi connectivity index (χ4n) is 3.72. The second kappa shape index (κ2) is 8.82. The second-order valence-electron chi connectivity index (χ2n) is 7.91. The smallest absolute Gasteiger partial charge is 0.303 e. The van der Waals surface area contributed by atoms with E-state index in [9.17, 15) is 4.79 Å². The van der Waals surface area contributed by atoms with Crippen LogP contribution in [0.15, 0.2) is 60.7 Å². The Morgan fingerprint density at radius 3 is 2.07 bits per heavy atom. The number of thioether (sulfide) groups is 1. The van der Waals surface area contributed by atoms with E-state index >= 15 is 0 Å². The lowest BCUT2D eigenvalue weighted by Gasteiger charge is -2.43. The second-order valence-corrected chi connectivity index (χ2v) is 13.5. The van der Waals surface area contributed by atoms with E-state index in [1.807, 2.05) is 12.1 Å².